The molecule has 0 radical (unpaired) electrons. The second-order valence-electron chi connectivity index (χ2n) is 7.09. The van der Waals surface area contributed by atoms with Crippen molar-refractivity contribution in [3.63, 3.8) is 0 Å². The van der Waals surface area contributed by atoms with Gasteiger partial charge in [0.1, 0.15) is 5.75 Å². The summed E-state index contributed by atoms with van der Waals surface area (Å²) in [5, 5.41) is 13.0. The fraction of sp³-hybridized carbons (Fsp3) is 0.500. The molecule has 28 heavy (non-hydrogen) atoms. The van der Waals surface area contributed by atoms with Gasteiger partial charge < -0.3 is 19.9 Å². The molecule has 1 aromatic carbocycles. The van der Waals surface area contributed by atoms with Crippen LogP contribution in [0, 0.1) is 0 Å². The second kappa shape index (κ2) is 9.25. The molecule has 1 aliphatic rings. The van der Waals surface area contributed by atoms with Crippen LogP contribution in [0.25, 0.3) is 10.9 Å². The van der Waals surface area contributed by atoms with Crippen molar-refractivity contribution >= 4 is 16.8 Å². The number of aliphatic hydroxyl groups is 1. The van der Waals surface area contributed by atoms with Crippen LogP contribution < -0.4 is 10.1 Å². The van der Waals surface area contributed by atoms with Crippen LogP contribution in [-0.2, 0) is 4.74 Å². The molecule has 8 heteroatoms. The highest BCUT2D eigenvalue weighted by molar-refractivity contribution is 5.97. The molecule has 2 aromatic rings. The Hall–Kier alpha value is -2.32. The first-order valence-corrected chi connectivity index (χ1v) is 9.36. The van der Waals surface area contributed by atoms with Crippen LogP contribution in [0.5, 0.6) is 5.75 Å². The molecule has 2 N–H and O–H groups in total. The molecular formula is C20H24F2N2O4. The van der Waals surface area contributed by atoms with Gasteiger partial charge in [-0.25, -0.2) is 0 Å². The van der Waals surface area contributed by atoms with Gasteiger partial charge in [0, 0.05) is 23.7 Å². The molecule has 152 valence electrons. The van der Waals surface area contributed by atoms with Crippen molar-refractivity contribution in [2.45, 2.75) is 57.5 Å². The summed E-state index contributed by atoms with van der Waals surface area (Å²) in [5.41, 5.74) is 0.896. The monoisotopic (exact) mass is 394 g/mol. The van der Waals surface area contributed by atoms with Crippen LogP contribution in [0.2, 0.25) is 0 Å². The molecule has 0 saturated heterocycles. The summed E-state index contributed by atoms with van der Waals surface area (Å²) in [6.07, 6.45) is 4.37. The quantitative estimate of drug-likeness (QED) is 0.753. The Morgan fingerprint density at radius 1 is 1.29 bits per heavy atom. The largest absolute Gasteiger partial charge is 0.435 e. The Labute approximate surface area is 161 Å². The highest BCUT2D eigenvalue weighted by atomic mass is 19.3. The maximum absolute atomic E-state index is 12.5. The number of pyridine rings is 1. The van der Waals surface area contributed by atoms with E-state index in [9.17, 15) is 18.7 Å². The molecule has 0 bridgehead atoms. The molecule has 0 aliphatic heterocycles. The number of nitrogens with zero attached hydrogens (tertiary/aromatic N) is 1. The number of carbonyl (C=O) groups excluding carboxylic acids is 1. The maximum atomic E-state index is 12.5. The third-order valence-corrected chi connectivity index (χ3v) is 4.73. The van der Waals surface area contributed by atoms with Gasteiger partial charge in [0.25, 0.3) is 5.91 Å². The van der Waals surface area contributed by atoms with Crippen LogP contribution in [0.1, 0.15) is 43.0 Å². The molecule has 1 aliphatic carbocycles. The number of hydrogen-bond donors (Lipinski definition) is 2. The minimum absolute atomic E-state index is 0.0294. The van der Waals surface area contributed by atoms with Gasteiger partial charge in [-0.15, -0.1) is 0 Å². The molecule has 3 rings (SSSR count). The van der Waals surface area contributed by atoms with Crippen molar-refractivity contribution in [2.24, 2.45) is 0 Å². The van der Waals surface area contributed by atoms with E-state index >= 15 is 0 Å². The lowest BCUT2D eigenvalue weighted by molar-refractivity contribution is -0.0497. The van der Waals surface area contributed by atoms with Gasteiger partial charge in [0.05, 0.1) is 29.9 Å². The first-order chi connectivity index (χ1) is 13.4. The number of nitrogens with one attached hydrogen (secondary N) is 1. The summed E-state index contributed by atoms with van der Waals surface area (Å²) < 4.78 is 34.6. The number of carbonyl (C=O) groups is 1. The van der Waals surface area contributed by atoms with Gasteiger partial charge in [-0.05, 0) is 50.8 Å². The van der Waals surface area contributed by atoms with Gasteiger partial charge >= 0.3 is 6.61 Å². The van der Waals surface area contributed by atoms with Crippen molar-refractivity contribution in [2.75, 3.05) is 6.61 Å². The molecule has 0 spiro atoms. The average molecular weight is 394 g/mol. The number of amides is 1. The number of benzene rings is 1. The van der Waals surface area contributed by atoms with Crippen LogP contribution in [-0.4, -0.2) is 47.5 Å². The van der Waals surface area contributed by atoms with E-state index in [4.69, 9.17) is 4.74 Å². The lowest BCUT2D eigenvalue weighted by atomic mass is 9.92. The number of aliphatic hydroxyl groups excluding tert-OH is 1. The number of fused-ring (bicyclic) bond motifs is 1. The standard InChI is InChI=1S/C20H24F2N2O4/c1-12(25)11-27-16-6-3-15(4-7-16)24-19(26)14-8-13-2-5-17(28-20(21)22)9-18(13)23-10-14/h2,5,8-10,12,15-16,20,25H,3-4,6-7,11H2,1H3,(H,24,26)/t12?,15-,16-. The molecule has 1 saturated carbocycles. The predicted octanol–water partition coefficient (Wildman–Crippen LogP) is 3.27. The van der Waals surface area contributed by atoms with E-state index < -0.39 is 12.7 Å². The smallest absolute Gasteiger partial charge is 0.387 e. The maximum Gasteiger partial charge on any atom is 0.387 e. The van der Waals surface area contributed by atoms with E-state index in [-0.39, 0.29) is 23.8 Å². The number of aromatic nitrogens is 1. The Morgan fingerprint density at radius 3 is 2.71 bits per heavy atom. The summed E-state index contributed by atoms with van der Waals surface area (Å²) in [6.45, 7) is -0.875. The van der Waals surface area contributed by atoms with Gasteiger partial charge in [0.2, 0.25) is 0 Å². The van der Waals surface area contributed by atoms with Crippen molar-refractivity contribution in [3.05, 3.63) is 36.0 Å². The summed E-state index contributed by atoms with van der Waals surface area (Å²) in [6, 6.07) is 6.18. The third kappa shape index (κ3) is 5.59. The van der Waals surface area contributed by atoms with Crippen LogP contribution in [0.15, 0.2) is 30.5 Å². The van der Waals surface area contributed by atoms with E-state index in [1.165, 1.54) is 18.3 Å². The third-order valence-electron chi connectivity index (χ3n) is 4.73. The van der Waals surface area contributed by atoms with Gasteiger partial charge in [-0.1, -0.05) is 0 Å². The highest BCUT2D eigenvalue weighted by Crippen LogP contribution is 2.23. The minimum atomic E-state index is -2.89. The molecule has 1 heterocycles. The van der Waals surface area contributed by atoms with Crippen molar-refractivity contribution < 1.29 is 28.2 Å². The van der Waals surface area contributed by atoms with Gasteiger partial charge in [0.15, 0.2) is 0 Å². The number of rotatable bonds is 7. The fourth-order valence-corrected chi connectivity index (χ4v) is 3.32. The Morgan fingerprint density at radius 2 is 2.04 bits per heavy atom. The average Bonchev–Trinajstić information content (AvgIpc) is 2.66. The van der Waals surface area contributed by atoms with E-state index in [2.05, 4.69) is 15.0 Å². The first kappa shape index (κ1) is 20.4. The fourth-order valence-electron chi connectivity index (χ4n) is 3.32. The Balaban J connectivity index is 1.56. The highest BCUT2D eigenvalue weighted by Gasteiger charge is 2.23. The SMILES string of the molecule is CC(O)CO[C@H]1CC[C@H](NC(=O)c2cnc3cc(OC(F)F)ccc3c2)CC1. The summed E-state index contributed by atoms with van der Waals surface area (Å²) >= 11 is 0. The zero-order valence-electron chi connectivity index (χ0n) is 15.6. The molecule has 1 amide bonds. The minimum Gasteiger partial charge on any atom is -0.435 e. The van der Waals surface area contributed by atoms with Crippen molar-refractivity contribution in [3.8, 4) is 5.75 Å². The Bertz CT molecular complexity index is 808. The molecular weight excluding hydrogens is 370 g/mol. The van der Waals surface area contributed by atoms with E-state index in [1.807, 2.05) is 0 Å². The van der Waals surface area contributed by atoms with Gasteiger partial charge in [-0.3, -0.25) is 9.78 Å². The van der Waals surface area contributed by atoms with Crippen LogP contribution >= 0.6 is 0 Å². The summed E-state index contributed by atoms with van der Waals surface area (Å²) in [7, 11) is 0. The molecule has 1 unspecified atom stereocenters. The van der Waals surface area contributed by atoms with E-state index in [0.29, 0.717) is 23.1 Å². The van der Waals surface area contributed by atoms with Crippen LogP contribution in [0.3, 0.4) is 0 Å². The normalized spacial score (nSPS) is 20.9. The number of ether oxygens (including phenoxy) is 2. The summed E-state index contributed by atoms with van der Waals surface area (Å²) in [5.74, 6) is -0.183. The van der Waals surface area contributed by atoms with Crippen LogP contribution in [0.4, 0.5) is 8.78 Å². The van der Waals surface area contributed by atoms with Crippen molar-refractivity contribution in [1.29, 1.82) is 0 Å². The topological polar surface area (TPSA) is 80.7 Å². The zero-order chi connectivity index (χ0) is 20.1. The summed E-state index contributed by atoms with van der Waals surface area (Å²) in [4.78, 5) is 16.7. The van der Waals surface area contributed by atoms with Crippen molar-refractivity contribution in [1.82, 2.24) is 10.3 Å². The lowest BCUT2D eigenvalue weighted by Gasteiger charge is -2.29. The second-order valence-corrected chi connectivity index (χ2v) is 7.09. The van der Waals surface area contributed by atoms with E-state index in [0.717, 1.165) is 25.7 Å². The van der Waals surface area contributed by atoms with E-state index in [1.54, 1.807) is 19.1 Å². The van der Waals surface area contributed by atoms with Gasteiger partial charge in [-0.2, -0.15) is 8.78 Å². The number of halogens is 2. The lowest BCUT2D eigenvalue weighted by Crippen LogP contribution is -2.39. The zero-order valence-corrected chi connectivity index (χ0v) is 15.6. The molecule has 1 aromatic heterocycles. The number of hydrogen-bond acceptors (Lipinski definition) is 5. The first-order valence-electron chi connectivity index (χ1n) is 9.36. The predicted molar refractivity (Wildman–Crippen MR) is 99.5 cm³/mol. The number of alkyl halides is 2. The molecule has 1 fully saturated rings. The molecule has 6 nitrogen and oxygen atoms in total. The Kier molecular flexibility index (Phi) is 6.74. The molecule has 1 atom stereocenters.